The van der Waals surface area contributed by atoms with Crippen molar-refractivity contribution in [2.45, 2.75) is 148 Å². The molecule has 0 spiro atoms. The number of rotatable bonds is 33. The van der Waals surface area contributed by atoms with Gasteiger partial charge < -0.3 is 49.4 Å². The number of benzene rings is 1. The number of hydrogen-bond donors (Lipinski definition) is 3. The van der Waals surface area contributed by atoms with E-state index in [1.54, 1.807) is 41.8 Å². The summed E-state index contributed by atoms with van der Waals surface area (Å²) in [5, 5.41) is 17.1. The van der Waals surface area contributed by atoms with E-state index in [0.29, 0.717) is 70.0 Å². The fourth-order valence-corrected chi connectivity index (χ4v) is 11.6. The first-order valence-corrected chi connectivity index (χ1v) is 27.9. The Bertz CT molecular complexity index is 2320. The molecule has 3 fully saturated rings. The van der Waals surface area contributed by atoms with Gasteiger partial charge >= 0.3 is 0 Å². The van der Waals surface area contributed by atoms with Gasteiger partial charge in [0, 0.05) is 59.0 Å². The summed E-state index contributed by atoms with van der Waals surface area (Å²) in [5.41, 5.74) is 1.35. The van der Waals surface area contributed by atoms with E-state index >= 15 is 0 Å². The molecule has 4 aliphatic rings. The summed E-state index contributed by atoms with van der Waals surface area (Å²) in [6.45, 7) is 12.7. The van der Waals surface area contributed by atoms with E-state index in [2.05, 4.69) is 31.2 Å². The minimum absolute atomic E-state index is 0.0122. The summed E-state index contributed by atoms with van der Waals surface area (Å²) >= 11 is 0. The van der Waals surface area contributed by atoms with Gasteiger partial charge in [0.15, 0.2) is 0 Å². The van der Waals surface area contributed by atoms with Crippen molar-refractivity contribution in [3.05, 3.63) is 59.9 Å². The van der Waals surface area contributed by atoms with Crippen LogP contribution in [0.15, 0.2) is 48.7 Å². The van der Waals surface area contributed by atoms with E-state index in [4.69, 9.17) is 23.7 Å². The van der Waals surface area contributed by atoms with Crippen LogP contribution in [0.2, 0.25) is 0 Å². The van der Waals surface area contributed by atoms with Gasteiger partial charge in [-0.25, -0.2) is 4.68 Å². The molecule has 2 aromatic rings. The van der Waals surface area contributed by atoms with Crippen molar-refractivity contribution >= 4 is 41.4 Å². The molecule has 78 heavy (non-hydrogen) atoms. The standard InChI is InChI=1S/C56H86N10O12/c1-10-37(4)50(63(7)56(73)49(36(2)3)59-55(72)51-40-18-19-42(32-40)62(51)6)45(74-8)33-48(69)65-23-14-17-44(65)52(75-9)38(5)53(70)58-43(31-39-15-12-11-13-16-39)54(71)57-22-25-76-27-29-78-30-28-77-26-24-64-34-41(60-61-64)35-66-46(67)20-21-47(66)68/h11-13,15-16,20-21,34,36-38,40,42-45,49-52H,10,14,17-19,22-33,35H2,1-9H3,(H,57,71)(H,58,70)(H,59,72)/t37?,38?,40-,42+,43?,44-,45?,49?,50?,51?,52?/m0/s1. The summed E-state index contributed by atoms with van der Waals surface area (Å²) in [5.74, 6) is -2.73. The average molecular weight is 1090 g/mol. The second-order valence-electron chi connectivity index (χ2n) is 21.6. The number of ether oxygens (including phenoxy) is 5. The van der Waals surface area contributed by atoms with Crippen molar-refractivity contribution in [2.75, 3.05) is 81.0 Å². The Balaban J connectivity index is 0.954. The predicted octanol–water partition coefficient (Wildman–Crippen LogP) is 2.14. The highest BCUT2D eigenvalue weighted by Crippen LogP contribution is 2.41. The van der Waals surface area contributed by atoms with Crippen molar-refractivity contribution in [2.24, 2.45) is 23.7 Å². The summed E-state index contributed by atoms with van der Waals surface area (Å²) in [4.78, 5) is 101. The van der Waals surface area contributed by atoms with E-state index in [-0.39, 0.29) is 92.5 Å². The lowest BCUT2D eigenvalue weighted by Gasteiger charge is -2.41. The van der Waals surface area contributed by atoms with Crippen molar-refractivity contribution in [3.8, 4) is 0 Å². The maximum atomic E-state index is 14.5. The van der Waals surface area contributed by atoms with Gasteiger partial charge in [-0.05, 0) is 62.5 Å². The minimum Gasteiger partial charge on any atom is -0.379 e. The highest BCUT2D eigenvalue weighted by atomic mass is 16.5. The second kappa shape index (κ2) is 30.1. The van der Waals surface area contributed by atoms with Gasteiger partial charge in [-0.1, -0.05) is 76.6 Å². The molecule has 6 rings (SSSR count). The Morgan fingerprint density at radius 2 is 1.53 bits per heavy atom. The number of fused-ring (bicyclic) bond motifs is 2. The number of nitrogens with one attached hydrogen (secondary N) is 3. The Hall–Kier alpha value is -5.65. The van der Waals surface area contributed by atoms with Crippen LogP contribution in [0.1, 0.15) is 90.8 Å². The second-order valence-corrected chi connectivity index (χ2v) is 21.6. The van der Waals surface area contributed by atoms with Crippen molar-refractivity contribution in [1.82, 2.24) is 50.5 Å². The SMILES string of the molecule is CCC(C)C(C(CC(=O)N1CCC[C@H]1C(OC)C(C)C(=O)NC(Cc1ccccc1)C(=O)NCCOCCOCCOCCn1cc(CN2C(=O)C=CC2=O)nn1)OC)N(C)C(=O)C(NC(=O)C1[C@H]2CC[C@H](C2)N1C)C(C)C. The number of piperidine rings is 1. The van der Waals surface area contributed by atoms with Gasteiger partial charge in [0.1, 0.15) is 17.8 Å². The molecule has 1 aromatic carbocycles. The summed E-state index contributed by atoms with van der Waals surface area (Å²) in [6, 6.07) is 6.98. The van der Waals surface area contributed by atoms with Crippen LogP contribution in [-0.2, 0) is 76.8 Å². The number of likely N-dealkylation sites (tertiary alicyclic amines) is 2. The molecule has 1 aliphatic carbocycles. The number of carbonyl (C=O) groups excluding carboxylic acids is 7. The molecular formula is C56H86N10O12. The molecule has 2 saturated heterocycles. The Kier molecular flexibility index (Phi) is 23.7. The van der Waals surface area contributed by atoms with Gasteiger partial charge in [0.25, 0.3) is 11.8 Å². The third kappa shape index (κ3) is 16.2. The van der Waals surface area contributed by atoms with Crippen molar-refractivity contribution in [3.63, 3.8) is 0 Å². The van der Waals surface area contributed by atoms with Crippen LogP contribution in [0.3, 0.4) is 0 Å². The largest absolute Gasteiger partial charge is 0.379 e. The van der Waals surface area contributed by atoms with Gasteiger partial charge in [-0.3, -0.25) is 43.4 Å². The van der Waals surface area contributed by atoms with Gasteiger partial charge in [-0.2, -0.15) is 0 Å². The van der Waals surface area contributed by atoms with E-state index in [1.807, 2.05) is 65.1 Å². The molecule has 0 radical (unpaired) electrons. The first-order chi connectivity index (χ1) is 37.5. The average Bonchev–Trinajstić information content (AvgIpc) is 4.31. The number of methoxy groups -OCH3 is 2. The molecule has 11 atom stereocenters. The highest BCUT2D eigenvalue weighted by Gasteiger charge is 2.49. The smallest absolute Gasteiger partial charge is 0.253 e. The van der Waals surface area contributed by atoms with Crippen LogP contribution >= 0.6 is 0 Å². The zero-order chi connectivity index (χ0) is 56.5. The van der Waals surface area contributed by atoms with Gasteiger partial charge in [-0.15, -0.1) is 5.10 Å². The van der Waals surface area contributed by atoms with E-state index in [0.717, 1.165) is 36.1 Å². The predicted molar refractivity (Wildman–Crippen MR) is 288 cm³/mol. The first-order valence-electron chi connectivity index (χ1n) is 27.9. The van der Waals surface area contributed by atoms with E-state index in [1.165, 1.54) is 19.3 Å². The molecule has 4 heterocycles. The zero-order valence-electron chi connectivity index (χ0n) is 47.3. The number of amides is 7. The van der Waals surface area contributed by atoms with Crippen LogP contribution in [0.5, 0.6) is 0 Å². The minimum atomic E-state index is -0.914. The third-order valence-corrected chi connectivity index (χ3v) is 16.1. The van der Waals surface area contributed by atoms with Crippen LogP contribution in [-0.4, -0.2) is 205 Å². The summed E-state index contributed by atoms with van der Waals surface area (Å²) in [6.07, 6.45) is 8.12. The number of imide groups is 1. The molecule has 22 heteroatoms. The molecule has 1 saturated carbocycles. The lowest BCUT2D eigenvalue weighted by Crippen LogP contribution is -2.60. The lowest BCUT2D eigenvalue weighted by atomic mass is 9.89. The molecule has 1 aromatic heterocycles. The zero-order valence-corrected chi connectivity index (χ0v) is 47.3. The Morgan fingerprint density at radius 1 is 0.846 bits per heavy atom. The van der Waals surface area contributed by atoms with E-state index in [9.17, 15) is 33.6 Å². The normalized spacial score (nSPS) is 21.9. The fourth-order valence-electron chi connectivity index (χ4n) is 11.6. The van der Waals surface area contributed by atoms with Crippen LogP contribution in [0.4, 0.5) is 0 Å². The third-order valence-electron chi connectivity index (χ3n) is 16.1. The maximum absolute atomic E-state index is 14.5. The quantitative estimate of drug-likeness (QED) is 0.0685. The number of hydrogen-bond acceptors (Lipinski definition) is 15. The molecular weight excluding hydrogens is 1000 g/mol. The van der Waals surface area contributed by atoms with Crippen molar-refractivity contribution in [1.29, 1.82) is 0 Å². The number of likely N-dealkylation sites (N-methyl/N-ethyl adjacent to an activating group) is 2. The molecule has 22 nitrogen and oxygen atoms in total. The molecule has 3 N–H and O–H groups in total. The first kappa shape index (κ1) is 61.6. The Morgan fingerprint density at radius 3 is 2.15 bits per heavy atom. The highest BCUT2D eigenvalue weighted by molar-refractivity contribution is 6.12. The van der Waals surface area contributed by atoms with Crippen molar-refractivity contribution < 1.29 is 57.2 Å². The number of nitrogens with zero attached hydrogens (tertiary/aromatic N) is 7. The maximum Gasteiger partial charge on any atom is 0.253 e. The molecule has 432 valence electrons. The monoisotopic (exact) mass is 1090 g/mol. The molecule has 2 bridgehead atoms. The van der Waals surface area contributed by atoms with Crippen LogP contribution in [0, 0.1) is 23.7 Å². The topological polar surface area (TPSA) is 245 Å². The van der Waals surface area contributed by atoms with Gasteiger partial charge in [0.05, 0.1) is 102 Å². The van der Waals surface area contributed by atoms with Gasteiger partial charge in [0.2, 0.25) is 29.5 Å². The fraction of sp³-hybridized carbons (Fsp3) is 0.696. The summed E-state index contributed by atoms with van der Waals surface area (Å²) < 4.78 is 30.7. The number of aromatic nitrogens is 3. The molecule has 8 unspecified atom stereocenters. The number of carbonyl (C=O) groups is 7. The summed E-state index contributed by atoms with van der Waals surface area (Å²) in [7, 11) is 6.84. The Labute approximate surface area is 459 Å². The van der Waals surface area contributed by atoms with Crippen LogP contribution in [0.25, 0.3) is 0 Å². The molecule has 3 aliphatic heterocycles. The van der Waals surface area contributed by atoms with E-state index < -0.39 is 48.2 Å². The van der Waals surface area contributed by atoms with Crippen LogP contribution < -0.4 is 16.0 Å². The lowest BCUT2D eigenvalue weighted by molar-refractivity contribution is -0.148. The molecule has 7 amide bonds.